The minimum Gasteiger partial charge on any atom is -0.455 e. The standard InChI is InChI=1S/C24H28N4O5S2/c1-3-32-24(31)28-12-10-27(11-13-28)21(29)17-9-8-15(33-17)14-34-23-25-20-19(22(30)26(23)2)16-6-4-5-7-18(16)35-20/h8-9H,3-7,10-14H2,1-2H3. The molecule has 0 atom stereocenters. The summed E-state index contributed by atoms with van der Waals surface area (Å²) in [5.41, 5.74) is 1.20. The molecule has 1 aliphatic carbocycles. The Hall–Kier alpha value is -2.79. The van der Waals surface area contributed by atoms with Crippen LogP contribution in [-0.2, 0) is 30.4 Å². The Morgan fingerprint density at radius 3 is 2.66 bits per heavy atom. The predicted molar refractivity (Wildman–Crippen MR) is 134 cm³/mol. The monoisotopic (exact) mass is 516 g/mol. The van der Waals surface area contributed by atoms with Crippen molar-refractivity contribution in [1.29, 1.82) is 0 Å². The van der Waals surface area contributed by atoms with Gasteiger partial charge in [0, 0.05) is 38.1 Å². The van der Waals surface area contributed by atoms with Crippen LogP contribution in [0.2, 0.25) is 0 Å². The van der Waals surface area contributed by atoms with Crippen LogP contribution in [0.4, 0.5) is 4.79 Å². The van der Waals surface area contributed by atoms with Crippen LogP contribution >= 0.6 is 23.1 Å². The van der Waals surface area contributed by atoms with Crippen molar-refractivity contribution in [1.82, 2.24) is 19.4 Å². The summed E-state index contributed by atoms with van der Waals surface area (Å²) in [6.45, 7) is 3.83. The summed E-state index contributed by atoms with van der Waals surface area (Å²) in [7, 11) is 1.76. The number of thiophene rings is 1. The van der Waals surface area contributed by atoms with Crippen LogP contribution in [-0.4, -0.2) is 64.1 Å². The van der Waals surface area contributed by atoms with Crippen LogP contribution in [0, 0.1) is 0 Å². The summed E-state index contributed by atoms with van der Waals surface area (Å²) in [5, 5.41) is 1.42. The van der Waals surface area contributed by atoms with Crippen molar-refractivity contribution in [3.63, 3.8) is 0 Å². The number of ether oxygens (including phenoxy) is 1. The van der Waals surface area contributed by atoms with Gasteiger partial charge in [-0.3, -0.25) is 14.2 Å². The van der Waals surface area contributed by atoms with E-state index in [0.29, 0.717) is 49.5 Å². The minimum absolute atomic E-state index is 0.00849. The van der Waals surface area contributed by atoms with Crippen molar-refractivity contribution in [3.8, 4) is 0 Å². The molecule has 9 nitrogen and oxygen atoms in total. The van der Waals surface area contributed by atoms with E-state index in [1.807, 2.05) is 0 Å². The number of piperazine rings is 1. The number of fused-ring (bicyclic) bond motifs is 3. The van der Waals surface area contributed by atoms with E-state index in [4.69, 9.17) is 14.1 Å². The van der Waals surface area contributed by atoms with Gasteiger partial charge in [0.1, 0.15) is 10.6 Å². The molecule has 35 heavy (non-hydrogen) atoms. The van der Waals surface area contributed by atoms with E-state index < -0.39 is 0 Å². The van der Waals surface area contributed by atoms with Crippen molar-refractivity contribution in [2.24, 2.45) is 7.05 Å². The highest BCUT2D eigenvalue weighted by Gasteiger charge is 2.27. The molecule has 2 aliphatic rings. The third-order valence-electron chi connectivity index (χ3n) is 6.46. The molecule has 0 bridgehead atoms. The van der Waals surface area contributed by atoms with Gasteiger partial charge in [-0.2, -0.15) is 0 Å². The molecule has 0 spiro atoms. The summed E-state index contributed by atoms with van der Waals surface area (Å²) < 4.78 is 12.5. The number of aromatic nitrogens is 2. The van der Waals surface area contributed by atoms with E-state index in [2.05, 4.69) is 0 Å². The van der Waals surface area contributed by atoms with Crippen LogP contribution in [0.15, 0.2) is 26.5 Å². The molecule has 2 amide bonds. The van der Waals surface area contributed by atoms with Gasteiger partial charge in [0.2, 0.25) is 0 Å². The zero-order chi connectivity index (χ0) is 24.5. The van der Waals surface area contributed by atoms with Gasteiger partial charge in [0.05, 0.1) is 17.7 Å². The van der Waals surface area contributed by atoms with Gasteiger partial charge in [-0.15, -0.1) is 11.3 Å². The molecule has 0 saturated carbocycles. The van der Waals surface area contributed by atoms with E-state index in [9.17, 15) is 14.4 Å². The quantitative estimate of drug-likeness (QED) is 0.377. The van der Waals surface area contributed by atoms with Gasteiger partial charge in [0.25, 0.3) is 11.5 Å². The van der Waals surface area contributed by atoms with Crippen molar-refractivity contribution in [3.05, 3.63) is 44.4 Å². The fourth-order valence-corrected chi connectivity index (χ4v) is 6.73. The Labute approximate surface area is 211 Å². The maximum Gasteiger partial charge on any atom is 0.409 e. The molecule has 0 N–H and O–H groups in total. The average molecular weight is 517 g/mol. The minimum atomic E-state index is -0.346. The summed E-state index contributed by atoms with van der Waals surface area (Å²) in [5.74, 6) is 1.18. The Bertz CT molecular complexity index is 1320. The molecule has 5 rings (SSSR count). The van der Waals surface area contributed by atoms with Crippen molar-refractivity contribution in [2.75, 3.05) is 32.8 Å². The first kappa shape index (κ1) is 23.9. The molecule has 1 fully saturated rings. The van der Waals surface area contributed by atoms with E-state index >= 15 is 0 Å². The normalized spacial score (nSPS) is 15.9. The Morgan fingerprint density at radius 2 is 1.89 bits per heavy atom. The van der Waals surface area contributed by atoms with E-state index in [1.165, 1.54) is 28.6 Å². The number of furan rings is 1. The molecular formula is C24H28N4O5S2. The smallest absolute Gasteiger partial charge is 0.409 e. The molecular weight excluding hydrogens is 488 g/mol. The molecule has 3 aromatic rings. The molecule has 3 aromatic heterocycles. The lowest BCUT2D eigenvalue weighted by Gasteiger charge is -2.33. The Morgan fingerprint density at radius 1 is 1.14 bits per heavy atom. The summed E-state index contributed by atoms with van der Waals surface area (Å²) in [6.07, 6.45) is 3.94. The van der Waals surface area contributed by atoms with E-state index in [0.717, 1.165) is 29.5 Å². The van der Waals surface area contributed by atoms with Gasteiger partial charge in [-0.1, -0.05) is 11.8 Å². The number of carbonyl (C=O) groups is 2. The van der Waals surface area contributed by atoms with E-state index in [1.54, 1.807) is 51.8 Å². The average Bonchev–Trinajstić information content (AvgIpc) is 3.50. The second-order valence-electron chi connectivity index (χ2n) is 8.68. The first-order valence-corrected chi connectivity index (χ1v) is 13.7. The predicted octanol–water partition coefficient (Wildman–Crippen LogP) is 3.67. The van der Waals surface area contributed by atoms with Crippen LogP contribution in [0.5, 0.6) is 0 Å². The molecule has 186 valence electrons. The molecule has 1 aliphatic heterocycles. The number of thioether (sulfide) groups is 1. The summed E-state index contributed by atoms with van der Waals surface area (Å²) >= 11 is 3.07. The van der Waals surface area contributed by atoms with Crippen molar-refractivity contribution < 1.29 is 18.7 Å². The number of carbonyl (C=O) groups excluding carboxylic acids is 2. The van der Waals surface area contributed by atoms with Gasteiger partial charge >= 0.3 is 6.09 Å². The number of hydrogen-bond acceptors (Lipinski definition) is 8. The number of hydrogen-bond donors (Lipinski definition) is 0. The van der Waals surface area contributed by atoms with E-state index in [-0.39, 0.29) is 23.3 Å². The van der Waals surface area contributed by atoms with Crippen LogP contribution in [0.25, 0.3) is 10.2 Å². The molecule has 11 heteroatoms. The molecule has 0 unspecified atom stereocenters. The first-order valence-electron chi connectivity index (χ1n) is 11.9. The van der Waals surface area contributed by atoms with Gasteiger partial charge in [-0.25, -0.2) is 9.78 Å². The largest absolute Gasteiger partial charge is 0.455 e. The number of rotatable bonds is 5. The van der Waals surface area contributed by atoms with Gasteiger partial charge < -0.3 is 19.0 Å². The second-order valence-corrected chi connectivity index (χ2v) is 10.7. The number of aryl methyl sites for hydroxylation is 2. The highest BCUT2D eigenvalue weighted by molar-refractivity contribution is 7.98. The lowest BCUT2D eigenvalue weighted by Crippen LogP contribution is -2.50. The molecule has 4 heterocycles. The third kappa shape index (κ3) is 4.71. The summed E-state index contributed by atoms with van der Waals surface area (Å²) in [6, 6.07) is 3.47. The van der Waals surface area contributed by atoms with Gasteiger partial charge in [-0.05, 0) is 50.3 Å². The maximum atomic E-state index is 13.1. The topological polar surface area (TPSA) is 97.9 Å². The SMILES string of the molecule is CCOC(=O)N1CCN(C(=O)c2ccc(CSc3nc4sc5c(c4c(=O)n3C)CCCC5)o2)CC1. The van der Waals surface area contributed by atoms with Crippen molar-refractivity contribution >= 4 is 45.3 Å². The molecule has 1 saturated heterocycles. The summed E-state index contributed by atoms with van der Waals surface area (Å²) in [4.78, 5) is 48.0. The zero-order valence-corrected chi connectivity index (χ0v) is 21.5. The fourth-order valence-electron chi connectivity index (χ4n) is 4.57. The first-order chi connectivity index (χ1) is 17.0. The number of amides is 2. The molecule has 0 radical (unpaired) electrons. The highest BCUT2D eigenvalue weighted by Crippen LogP contribution is 2.35. The Kier molecular flexibility index (Phi) is 6.88. The lowest BCUT2D eigenvalue weighted by molar-refractivity contribution is 0.0545. The second kappa shape index (κ2) is 10.1. The highest BCUT2D eigenvalue weighted by atomic mass is 32.2. The maximum absolute atomic E-state index is 13.1. The zero-order valence-electron chi connectivity index (χ0n) is 19.9. The lowest BCUT2D eigenvalue weighted by atomic mass is 9.97. The molecule has 0 aromatic carbocycles. The van der Waals surface area contributed by atoms with Crippen LogP contribution in [0.1, 0.15) is 46.5 Å². The Balaban J connectivity index is 1.24. The van der Waals surface area contributed by atoms with Gasteiger partial charge in [0.15, 0.2) is 10.9 Å². The van der Waals surface area contributed by atoms with Crippen molar-refractivity contribution in [2.45, 2.75) is 43.5 Å². The fraction of sp³-hybridized carbons (Fsp3) is 0.500. The number of nitrogens with zero attached hydrogens (tertiary/aromatic N) is 4. The van der Waals surface area contributed by atoms with Crippen LogP contribution in [0.3, 0.4) is 0 Å². The van der Waals surface area contributed by atoms with Crippen LogP contribution < -0.4 is 5.56 Å². The third-order valence-corrected chi connectivity index (χ3v) is 8.70.